The van der Waals surface area contributed by atoms with Crippen molar-refractivity contribution in [3.63, 3.8) is 0 Å². The largest absolute Gasteiger partial charge is 0.478 e. The van der Waals surface area contributed by atoms with Gasteiger partial charge in [0.15, 0.2) is 0 Å². The molecular formula is C19H22N4O2. The molecule has 0 aliphatic carbocycles. The number of carboxylic acid groups (broad SMARTS) is 1. The van der Waals surface area contributed by atoms with Crippen molar-refractivity contribution in [2.45, 2.75) is 25.9 Å². The smallest absolute Gasteiger partial charge is 0.328 e. The van der Waals surface area contributed by atoms with E-state index in [0.717, 1.165) is 37.9 Å². The second kappa shape index (κ2) is 7.90. The highest BCUT2D eigenvalue weighted by Crippen LogP contribution is 2.17. The van der Waals surface area contributed by atoms with Crippen LogP contribution in [0.5, 0.6) is 0 Å². The lowest BCUT2D eigenvalue weighted by molar-refractivity contribution is -0.131. The first-order valence-corrected chi connectivity index (χ1v) is 8.36. The van der Waals surface area contributed by atoms with Crippen LogP contribution in [-0.4, -0.2) is 45.1 Å². The molecule has 2 heterocycles. The first-order chi connectivity index (χ1) is 12.1. The molecule has 3 rings (SSSR count). The fourth-order valence-electron chi connectivity index (χ4n) is 2.91. The molecule has 0 saturated carbocycles. The molecular weight excluding hydrogens is 316 g/mol. The number of nitrogens with zero attached hydrogens (tertiary/aromatic N) is 3. The van der Waals surface area contributed by atoms with Gasteiger partial charge in [0.05, 0.1) is 18.1 Å². The molecule has 25 heavy (non-hydrogen) atoms. The minimum Gasteiger partial charge on any atom is -0.478 e. The number of aromatic nitrogens is 2. The number of benzene rings is 1. The average molecular weight is 338 g/mol. The van der Waals surface area contributed by atoms with Crippen molar-refractivity contribution in [2.75, 3.05) is 18.4 Å². The van der Waals surface area contributed by atoms with Crippen LogP contribution in [0.3, 0.4) is 0 Å². The minimum absolute atomic E-state index is 0.347. The van der Waals surface area contributed by atoms with Crippen LogP contribution < -0.4 is 5.32 Å². The summed E-state index contributed by atoms with van der Waals surface area (Å²) in [5.74, 6) is -0.279. The van der Waals surface area contributed by atoms with Gasteiger partial charge < -0.3 is 10.4 Å². The number of hydrogen-bond donors (Lipinski definition) is 2. The quantitative estimate of drug-likeness (QED) is 0.788. The molecule has 2 N–H and O–H groups in total. The molecule has 6 heteroatoms. The van der Waals surface area contributed by atoms with Gasteiger partial charge in [-0.3, -0.25) is 9.88 Å². The normalized spacial score (nSPS) is 17.9. The maximum absolute atomic E-state index is 10.5. The molecule has 6 nitrogen and oxygen atoms in total. The van der Waals surface area contributed by atoms with Crippen LogP contribution in [0.25, 0.3) is 6.08 Å². The number of rotatable bonds is 6. The van der Waals surface area contributed by atoms with Gasteiger partial charge in [0.2, 0.25) is 0 Å². The Balaban J connectivity index is 1.51. The zero-order valence-electron chi connectivity index (χ0n) is 14.2. The van der Waals surface area contributed by atoms with Crippen LogP contribution in [0.4, 0.5) is 5.82 Å². The summed E-state index contributed by atoms with van der Waals surface area (Å²) in [6, 6.07) is 9.02. The predicted molar refractivity (Wildman–Crippen MR) is 97.2 cm³/mol. The van der Waals surface area contributed by atoms with E-state index in [1.807, 2.05) is 0 Å². The zero-order valence-corrected chi connectivity index (χ0v) is 14.2. The highest BCUT2D eigenvalue weighted by Gasteiger charge is 2.22. The molecule has 1 atom stereocenters. The highest BCUT2D eigenvalue weighted by molar-refractivity contribution is 5.84. The van der Waals surface area contributed by atoms with Gasteiger partial charge in [-0.05, 0) is 25.0 Å². The molecule has 0 unspecified atom stereocenters. The number of hydrogen-bond acceptors (Lipinski definition) is 5. The van der Waals surface area contributed by atoms with Gasteiger partial charge in [0.25, 0.3) is 0 Å². The van der Waals surface area contributed by atoms with E-state index in [0.29, 0.717) is 11.7 Å². The van der Waals surface area contributed by atoms with Gasteiger partial charge in [0.1, 0.15) is 5.82 Å². The van der Waals surface area contributed by atoms with Gasteiger partial charge >= 0.3 is 5.97 Å². The summed E-state index contributed by atoms with van der Waals surface area (Å²) in [5.41, 5.74) is 3.14. The maximum atomic E-state index is 10.5. The average Bonchev–Trinajstić information content (AvgIpc) is 3.03. The molecule has 2 aromatic rings. The topological polar surface area (TPSA) is 78.4 Å². The molecule has 1 fully saturated rings. The maximum Gasteiger partial charge on any atom is 0.328 e. The van der Waals surface area contributed by atoms with Gasteiger partial charge in [-0.25, -0.2) is 9.78 Å². The second-order valence-electron chi connectivity index (χ2n) is 6.35. The lowest BCUT2D eigenvalue weighted by atomic mass is 10.1. The summed E-state index contributed by atoms with van der Waals surface area (Å²) in [7, 11) is 0. The predicted octanol–water partition coefficient (Wildman–Crippen LogP) is 2.57. The van der Waals surface area contributed by atoms with Crippen LogP contribution in [0, 0.1) is 6.92 Å². The molecule has 130 valence electrons. The summed E-state index contributed by atoms with van der Waals surface area (Å²) in [5, 5.41) is 12.0. The van der Waals surface area contributed by atoms with E-state index in [-0.39, 0.29) is 0 Å². The number of aryl methyl sites for hydroxylation is 1. The number of anilines is 1. The Morgan fingerprint density at radius 2 is 2.12 bits per heavy atom. The third-order valence-corrected chi connectivity index (χ3v) is 4.22. The summed E-state index contributed by atoms with van der Waals surface area (Å²) in [6.45, 7) is 5.08. The third kappa shape index (κ3) is 5.12. The molecule has 0 spiro atoms. The Labute approximate surface area is 147 Å². The van der Waals surface area contributed by atoms with Crippen LogP contribution in [0.2, 0.25) is 0 Å². The van der Waals surface area contributed by atoms with Crippen molar-refractivity contribution in [3.8, 4) is 0 Å². The van der Waals surface area contributed by atoms with Gasteiger partial charge in [0, 0.05) is 31.8 Å². The Morgan fingerprint density at radius 1 is 1.32 bits per heavy atom. The summed E-state index contributed by atoms with van der Waals surface area (Å²) >= 11 is 0. The molecule has 0 bridgehead atoms. The molecule has 0 amide bonds. The van der Waals surface area contributed by atoms with E-state index < -0.39 is 5.97 Å². The lowest BCUT2D eigenvalue weighted by Gasteiger charge is -2.17. The van der Waals surface area contributed by atoms with Gasteiger partial charge in [-0.1, -0.05) is 29.8 Å². The third-order valence-electron chi connectivity index (χ3n) is 4.22. The van der Waals surface area contributed by atoms with Crippen molar-refractivity contribution in [1.82, 2.24) is 14.9 Å². The summed E-state index contributed by atoms with van der Waals surface area (Å²) in [6.07, 6.45) is 6.76. The van der Waals surface area contributed by atoms with E-state index in [2.05, 4.69) is 51.4 Å². The first-order valence-electron chi connectivity index (χ1n) is 8.36. The fourth-order valence-corrected chi connectivity index (χ4v) is 2.91. The Morgan fingerprint density at radius 3 is 2.80 bits per heavy atom. The summed E-state index contributed by atoms with van der Waals surface area (Å²) in [4.78, 5) is 21.4. The Hall–Kier alpha value is -2.73. The number of likely N-dealkylation sites (tertiary alicyclic amines) is 1. The van der Waals surface area contributed by atoms with E-state index in [1.165, 1.54) is 17.2 Å². The SMILES string of the molecule is Cc1ccc(CN2CC[C@@H](Nc3cnc(/C=C/C(=O)O)cn3)C2)cc1. The van der Waals surface area contributed by atoms with Crippen LogP contribution >= 0.6 is 0 Å². The highest BCUT2D eigenvalue weighted by atomic mass is 16.4. The Kier molecular flexibility index (Phi) is 5.40. The summed E-state index contributed by atoms with van der Waals surface area (Å²) < 4.78 is 0. The van der Waals surface area contributed by atoms with Crippen molar-refractivity contribution < 1.29 is 9.90 Å². The molecule has 1 saturated heterocycles. The lowest BCUT2D eigenvalue weighted by Crippen LogP contribution is -2.26. The number of aliphatic carboxylic acids is 1. The zero-order chi connectivity index (χ0) is 17.6. The van der Waals surface area contributed by atoms with Gasteiger partial charge in [-0.15, -0.1) is 0 Å². The van der Waals surface area contributed by atoms with Crippen molar-refractivity contribution in [1.29, 1.82) is 0 Å². The standard InChI is InChI=1S/C19H22N4O2/c1-14-2-4-15(5-3-14)12-23-9-8-17(13-23)22-18-11-20-16(10-21-18)6-7-19(24)25/h2-7,10-11,17H,8-9,12-13H2,1H3,(H,21,22)(H,24,25)/b7-6+/t17-/m1/s1. The van der Waals surface area contributed by atoms with Crippen molar-refractivity contribution in [3.05, 3.63) is 59.6 Å². The van der Waals surface area contributed by atoms with Gasteiger partial charge in [-0.2, -0.15) is 0 Å². The Bertz CT molecular complexity index is 741. The number of carboxylic acids is 1. The van der Waals surface area contributed by atoms with E-state index in [4.69, 9.17) is 5.11 Å². The van der Waals surface area contributed by atoms with E-state index in [9.17, 15) is 4.79 Å². The molecule has 1 aliphatic rings. The van der Waals surface area contributed by atoms with Crippen molar-refractivity contribution in [2.24, 2.45) is 0 Å². The molecule has 0 radical (unpaired) electrons. The fraction of sp³-hybridized carbons (Fsp3) is 0.316. The van der Waals surface area contributed by atoms with E-state index in [1.54, 1.807) is 12.4 Å². The van der Waals surface area contributed by atoms with Crippen molar-refractivity contribution >= 4 is 17.9 Å². The monoisotopic (exact) mass is 338 g/mol. The second-order valence-corrected chi connectivity index (χ2v) is 6.35. The first kappa shape index (κ1) is 17.1. The van der Waals surface area contributed by atoms with Crippen LogP contribution in [0.1, 0.15) is 23.2 Å². The molecule has 1 aliphatic heterocycles. The number of carbonyl (C=O) groups is 1. The van der Waals surface area contributed by atoms with Crippen LogP contribution in [-0.2, 0) is 11.3 Å². The molecule has 1 aromatic heterocycles. The minimum atomic E-state index is -0.997. The van der Waals surface area contributed by atoms with Crippen LogP contribution in [0.15, 0.2) is 42.7 Å². The van der Waals surface area contributed by atoms with E-state index >= 15 is 0 Å². The molecule has 1 aromatic carbocycles. The number of nitrogens with one attached hydrogen (secondary N) is 1.